The molecule has 116 valence electrons. The number of nitrogens with two attached hydrogens (primary N) is 1. The molecule has 6 nitrogen and oxygen atoms in total. The first-order chi connectivity index (χ1) is 10.2. The van der Waals surface area contributed by atoms with Crippen molar-refractivity contribution in [3.8, 4) is 0 Å². The van der Waals surface area contributed by atoms with Crippen molar-refractivity contribution in [2.45, 2.75) is 30.8 Å². The Hall–Kier alpha value is -1.37. The molecule has 2 aliphatic rings. The molecule has 6 heteroatoms. The number of hydrogen-bond donors (Lipinski definition) is 2. The van der Waals surface area contributed by atoms with Gasteiger partial charge >= 0.3 is 0 Å². The molecule has 2 saturated heterocycles. The number of carbonyl (C=O) groups is 1. The summed E-state index contributed by atoms with van der Waals surface area (Å²) in [6, 6.07) is 3.93. The average Bonchev–Trinajstić information content (AvgIpc) is 3.21. The largest absolute Gasteiger partial charge is 0.468 e. The summed E-state index contributed by atoms with van der Waals surface area (Å²) in [5, 5.41) is 2.98. The highest BCUT2D eigenvalue weighted by molar-refractivity contribution is 5.86. The molecule has 2 unspecified atom stereocenters. The molecule has 0 aliphatic carbocycles. The van der Waals surface area contributed by atoms with E-state index in [1.54, 1.807) is 6.26 Å². The molecule has 3 rings (SSSR count). The van der Waals surface area contributed by atoms with E-state index in [0.717, 1.165) is 18.8 Å². The number of carbonyl (C=O) groups excluding carboxylic acids is 1. The van der Waals surface area contributed by atoms with Gasteiger partial charge in [-0.05, 0) is 44.5 Å². The Morgan fingerprint density at radius 1 is 1.48 bits per heavy atom. The van der Waals surface area contributed by atoms with Gasteiger partial charge in [-0.2, -0.15) is 0 Å². The number of nitrogens with one attached hydrogen (secondary N) is 1. The molecule has 3 N–H and O–H groups in total. The van der Waals surface area contributed by atoms with E-state index in [0.29, 0.717) is 26.2 Å². The molecule has 0 bridgehead atoms. The molecule has 3 heterocycles. The minimum atomic E-state index is -0.876. The second-order valence-corrected chi connectivity index (χ2v) is 5.94. The van der Waals surface area contributed by atoms with Gasteiger partial charge in [0.25, 0.3) is 0 Å². The van der Waals surface area contributed by atoms with Gasteiger partial charge in [0.1, 0.15) is 11.3 Å². The molecule has 1 amide bonds. The highest BCUT2D eigenvalue weighted by atomic mass is 16.5. The predicted molar refractivity (Wildman–Crippen MR) is 77.6 cm³/mol. The Bertz CT molecular complexity index is 463. The number of amides is 1. The Morgan fingerprint density at radius 2 is 2.29 bits per heavy atom. The van der Waals surface area contributed by atoms with E-state index < -0.39 is 5.54 Å². The van der Waals surface area contributed by atoms with E-state index in [9.17, 15) is 4.79 Å². The molecule has 2 fully saturated rings. The van der Waals surface area contributed by atoms with Crippen molar-refractivity contribution in [2.24, 2.45) is 5.73 Å². The highest BCUT2D eigenvalue weighted by Gasteiger charge is 2.38. The van der Waals surface area contributed by atoms with Gasteiger partial charge in [-0.1, -0.05) is 0 Å². The van der Waals surface area contributed by atoms with Crippen molar-refractivity contribution in [1.29, 1.82) is 0 Å². The quantitative estimate of drug-likeness (QED) is 0.833. The lowest BCUT2D eigenvalue weighted by atomic mass is 9.99. The number of hydrogen-bond acceptors (Lipinski definition) is 5. The van der Waals surface area contributed by atoms with Gasteiger partial charge in [-0.25, -0.2) is 0 Å². The van der Waals surface area contributed by atoms with Crippen LogP contribution in [-0.4, -0.2) is 49.2 Å². The fourth-order valence-corrected chi connectivity index (χ4v) is 3.07. The SMILES string of the molecule is NC1(C(=O)NCC(c2ccco2)N2CCCC2)CCOC1. The molecule has 0 aromatic carbocycles. The third-order valence-corrected chi connectivity index (χ3v) is 4.41. The zero-order valence-electron chi connectivity index (χ0n) is 12.2. The van der Waals surface area contributed by atoms with Gasteiger partial charge in [0.05, 0.1) is 18.9 Å². The first-order valence-electron chi connectivity index (χ1n) is 7.61. The second kappa shape index (κ2) is 6.17. The number of furan rings is 1. The van der Waals surface area contributed by atoms with Gasteiger partial charge in [-0.3, -0.25) is 9.69 Å². The van der Waals surface area contributed by atoms with E-state index in [4.69, 9.17) is 14.9 Å². The van der Waals surface area contributed by atoms with Gasteiger partial charge < -0.3 is 20.2 Å². The van der Waals surface area contributed by atoms with Gasteiger partial charge in [-0.15, -0.1) is 0 Å². The molecule has 2 aliphatic heterocycles. The molecule has 1 aromatic heterocycles. The second-order valence-electron chi connectivity index (χ2n) is 5.94. The Morgan fingerprint density at radius 3 is 2.90 bits per heavy atom. The van der Waals surface area contributed by atoms with Gasteiger partial charge in [0.15, 0.2) is 0 Å². The smallest absolute Gasteiger partial charge is 0.242 e. The number of ether oxygens (including phenoxy) is 1. The fraction of sp³-hybridized carbons (Fsp3) is 0.667. The Balaban J connectivity index is 1.63. The molecule has 21 heavy (non-hydrogen) atoms. The van der Waals surface area contributed by atoms with Crippen molar-refractivity contribution in [3.05, 3.63) is 24.2 Å². The van der Waals surface area contributed by atoms with Crippen molar-refractivity contribution >= 4 is 5.91 Å². The molecule has 2 atom stereocenters. The molecule has 1 aromatic rings. The third kappa shape index (κ3) is 3.12. The van der Waals surface area contributed by atoms with Crippen LogP contribution in [-0.2, 0) is 9.53 Å². The van der Waals surface area contributed by atoms with Crippen LogP contribution in [0.5, 0.6) is 0 Å². The summed E-state index contributed by atoms with van der Waals surface area (Å²) in [7, 11) is 0. The summed E-state index contributed by atoms with van der Waals surface area (Å²) in [5.74, 6) is 0.765. The van der Waals surface area contributed by atoms with Gasteiger partial charge in [0.2, 0.25) is 5.91 Å². The number of rotatable bonds is 5. The van der Waals surface area contributed by atoms with E-state index in [2.05, 4.69) is 10.2 Å². The number of likely N-dealkylation sites (tertiary alicyclic amines) is 1. The van der Waals surface area contributed by atoms with Crippen LogP contribution in [0.15, 0.2) is 22.8 Å². The normalized spacial score (nSPS) is 27.9. The topological polar surface area (TPSA) is 80.7 Å². The minimum absolute atomic E-state index is 0.0809. The van der Waals surface area contributed by atoms with E-state index in [1.807, 2.05) is 12.1 Å². The first kappa shape index (κ1) is 14.6. The predicted octanol–water partition coefficient (Wildman–Crippen LogP) is 0.650. The summed E-state index contributed by atoms with van der Waals surface area (Å²) in [4.78, 5) is 14.6. The zero-order chi connectivity index (χ0) is 14.7. The van der Waals surface area contributed by atoms with E-state index in [1.165, 1.54) is 12.8 Å². The summed E-state index contributed by atoms with van der Waals surface area (Å²) >= 11 is 0. The lowest BCUT2D eigenvalue weighted by molar-refractivity contribution is -0.126. The lowest BCUT2D eigenvalue weighted by Gasteiger charge is -2.28. The van der Waals surface area contributed by atoms with Crippen LogP contribution >= 0.6 is 0 Å². The summed E-state index contributed by atoms with van der Waals surface area (Å²) < 4.78 is 10.8. The Labute approximate surface area is 124 Å². The highest BCUT2D eigenvalue weighted by Crippen LogP contribution is 2.25. The van der Waals surface area contributed by atoms with E-state index in [-0.39, 0.29) is 11.9 Å². The maximum Gasteiger partial charge on any atom is 0.242 e. The summed E-state index contributed by atoms with van der Waals surface area (Å²) in [6.07, 6.45) is 4.64. The average molecular weight is 293 g/mol. The number of nitrogens with zero attached hydrogens (tertiary/aromatic N) is 1. The molecule has 0 radical (unpaired) electrons. The van der Waals surface area contributed by atoms with Crippen LogP contribution in [0.4, 0.5) is 0 Å². The molecular formula is C15H23N3O3. The van der Waals surface area contributed by atoms with E-state index >= 15 is 0 Å². The van der Waals surface area contributed by atoms with Crippen LogP contribution < -0.4 is 11.1 Å². The minimum Gasteiger partial charge on any atom is -0.468 e. The fourth-order valence-electron chi connectivity index (χ4n) is 3.07. The van der Waals surface area contributed by atoms with Crippen molar-refractivity contribution in [3.63, 3.8) is 0 Å². The van der Waals surface area contributed by atoms with Crippen LogP contribution in [0.2, 0.25) is 0 Å². The van der Waals surface area contributed by atoms with Crippen LogP contribution in [0, 0.1) is 0 Å². The zero-order valence-corrected chi connectivity index (χ0v) is 12.2. The van der Waals surface area contributed by atoms with Crippen LogP contribution in [0.3, 0.4) is 0 Å². The molecule has 0 saturated carbocycles. The van der Waals surface area contributed by atoms with Crippen molar-refractivity contribution in [1.82, 2.24) is 10.2 Å². The van der Waals surface area contributed by atoms with Crippen LogP contribution in [0.25, 0.3) is 0 Å². The first-order valence-corrected chi connectivity index (χ1v) is 7.61. The maximum atomic E-state index is 12.3. The van der Waals surface area contributed by atoms with Crippen molar-refractivity contribution < 1.29 is 13.9 Å². The standard InChI is InChI=1S/C15H23N3O3/c16-15(5-9-20-11-15)14(19)17-10-12(13-4-3-8-21-13)18-6-1-2-7-18/h3-4,8,12H,1-2,5-7,9-11,16H2,(H,17,19). The lowest BCUT2D eigenvalue weighted by Crippen LogP contribution is -2.55. The molecule has 0 spiro atoms. The maximum absolute atomic E-state index is 12.3. The monoisotopic (exact) mass is 293 g/mol. The third-order valence-electron chi connectivity index (χ3n) is 4.41. The van der Waals surface area contributed by atoms with Crippen molar-refractivity contribution in [2.75, 3.05) is 32.8 Å². The molecular weight excluding hydrogens is 270 g/mol. The summed E-state index contributed by atoms with van der Waals surface area (Å²) in [6.45, 7) is 3.45. The Kier molecular flexibility index (Phi) is 4.28. The summed E-state index contributed by atoms with van der Waals surface area (Å²) in [5.41, 5.74) is 5.21. The van der Waals surface area contributed by atoms with Crippen LogP contribution in [0.1, 0.15) is 31.1 Å². The van der Waals surface area contributed by atoms with Gasteiger partial charge in [0, 0.05) is 13.2 Å².